The monoisotopic (exact) mass is 440 g/mol. The summed E-state index contributed by atoms with van der Waals surface area (Å²) < 4.78 is 10.6. The highest BCUT2D eigenvalue weighted by molar-refractivity contribution is 8.18. The Morgan fingerprint density at radius 1 is 1.26 bits per heavy atom. The molecule has 2 aliphatic rings. The minimum absolute atomic E-state index is 0.0758. The average Bonchev–Trinajstić information content (AvgIpc) is 3.33. The van der Waals surface area contributed by atoms with Gasteiger partial charge in [-0.2, -0.15) is 0 Å². The second-order valence-corrected chi connectivity index (χ2v) is 7.96. The van der Waals surface area contributed by atoms with E-state index in [2.05, 4.69) is 10.3 Å². The molecular formula is C21H20N4O5S. The summed E-state index contributed by atoms with van der Waals surface area (Å²) in [6, 6.07) is 8.66. The van der Waals surface area contributed by atoms with Crippen molar-refractivity contribution in [1.82, 2.24) is 15.2 Å². The third-order valence-electron chi connectivity index (χ3n) is 4.64. The lowest BCUT2D eigenvalue weighted by Gasteiger charge is -2.16. The van der Waals surface area contributed by atoms with Crippen molar-refractivity contribution in [2.24, 2.45) is 0 Å². The molecule has 10 heteroatoms. The number of benzene rings is 1. The summed E-state index contributed by atoms with van der Waals surface area (Å²) in [4.78, 5) is 44.9. The van der Waals surface area contributed by atoms with Gasteiger partial charge in [0, 0.05) is 33.4 Å². The highest BCUT2D eigenvalue weighted by Crippen LogP contribution is 2.36. The molecule has 1 aromatic carbocycles. The highest BCUT2D eigenvalue weighted by Gasteiger charge is 2.34. The van der Waals surface area contributed by atoms with E-state index in [9.17, 15) is 14.4 Å². The van der Waals surface area contributed by atoms with Gasteiger partial charge in [-0.25, -0.2) is 4.98 Å². The van der Waals surface area contributed by atoms with Crippen molar-refractivity contribution in [3.63, 3.8) is 0 Å². The van der Waals surface area contributed by atoms with Crippen LogP contribution in [0.4, 0.5) is 10.6 Å². The summed E-state index contributed by atoms with van der Waals surface area (Å²) in [5, 5.41) is 2.37. The number of hydrogen-bond acceptors (Lipinski definition) is 8. The van der Waals surface area contributed by atoms with Crippen molar-refractivity contribution < 1.29 is 23.9 Å². The Morgan fingerprint density at radius 3 is 2.87 bits per heavy atom. The first-order valence-electron chi connectivity index (χ1n) is 9.49. The minimum atomic E-state index is -0.391. The molecule has 2 aliphatic heterocycles. The lowest BCUT2D eigenvalue weighted by atomic mass is 10.2. The number of carbonyl (C=O) groups excluding carboxylic acids is 3. The molecule has 0 spiro atoms. The van der Waals surface area contributed by atoms with Crippen molar-refractivity contribution in [2.45, 2.75) is 0 Å². The first-order chi connectivity index (χ1) is 14.9. The van der Waals surface area contributed by atoms with Gasteiger partial charge in [0.1, 0.15) is 5.82 Å². The summed E-state index contributed by atoms with van der Waals surface area (Å²) in [6.07, 6.45) is 3.25. The zero-order valence-corrected chi connectivity index (χ0v) is 17.8. The number of hydrogen-bond donors (Lipinski definition) is 1. The number of pyridine rings is 1. The molecule has 3 heterocycles. The maximum atomic E-state index is 12.7. The zero-order chi connectivity index (χ0) is 22.0. The standard InChI is InChI=1S/C21H20N4O5S/c1-24(2)18-14(4-3-7-22-18)19(26)23-8-9-25-20(27)17(31-21(25)28)11-13-5-6-15-16(10-13)30-12-29-15/h3-7,10-11H,8-9,12H2,1-2H3,(H,23,26)/b17-11-. The van der Waals surface area contributed by atoms with Gasteiger partial charge in [-0.3, -0.25) is 19.3 Å². The van der Waals surface area contributed by atoms with Crippen LogP contribution < -0.4 is 19.7 Å². The number of ether oxygens (including phenoxy) is 2. The molecular weight excluding hydrogens is 420 g/mol. The molecule has 0 saturated carbocycles. The fourth-order valence-electron chi connectivity index (χ4n) is 3.15. The number of nitrogens with zero attached hydrogens (tertiary/aromatic N) is 3. The Balaban J connectivity index is 1.38. The summed E-state index contributed by atoms with van der Waals surface area (Å²) >= 11 is 0.869. The number of anilines is 1. The van der Waals surface area contributed by atoms with Crippen molar-refractivity contribution in [3.05, 3.63) is 52.6 Å². The number of thioether (sulfide) groups is 1. The van der Waals surface area contributed by atoms with Crippen molar-refractivity contribution >= 4 is 40.7 Å². The summed E-state index contributed by atoms with van der Waals surface area (Å²) in [7, 11) is 3.60. The van der Waals surface area contributed by atoms with E-state index in [1.54, 1.807) is 61.6 Å². The summed E-state index contributed by atoms with van der Waals surface area (Å²) in [5.41, 5.74) is 1.15. The number of nitrogens with one attached hydrogen (secondary N) is 1. The maximum absolute atomic E-state index is 12.7. The number of rotatable bonds is 6. The molecule has 3 amide bonds. The van der Waals surface area contributed by atoms with Gasteiger partial charge in [0.15, 0.2) is 11.5 Å². The number of aromatic nitrogens is 1. The van der Waals surface area contributed by atoms with Crippen LogP contribution in [0.5, 0.6) is 11.5 Å². The summed E-state index contributed by atoms with van der Waals surface area (Å²) in [5.74, 6) is 1.07. The first-order valence-corrected chi connectivity index (χ1v) is 10.3. The van der Waals surface area contributed by atoms with E-state index in [0.717, 1.165) is 22.2 Å². The number of amides is 3. The van der Waals surface area contributed by atoms with Crippen LogP contribution >= 0.6 is 11.8 Å². The predicted molar refractivity (Wildman–Crippen MR) is 116 cm³/mol. The van der Waals surface area contributed by atoms with Crippen LogP contribution in [0.25, 0.3) is 6.08 Å². The Kier molecular flexibility index (Phi) is 5.81. The van der Waals surface area contributed by atoms with Crippen LogP contribution in [-0.4, -0.2) is 60.9 Å². The number of carbonyl (C=O) groups is 3. The molecule has 4 rings (SSSR count). The van der Waals surface area contributed by atoms with Crippen LogP contribution in [0.1, 0.15) is 15.9 Å². The minimum Gasteiger partial charge on any atom is -0.454 e. The molecule has 31 heavy (non-hydrogen) atoms. The molecule has 0 atom stereocenters. The summed E-state index contributed by atoms with van der Waals surface area (Å²) in [6.45, 7) is 0.374. The van der Waals surface area contributed by atoms with Gasteiger partial charge in [0.05, 0.1) is 10.5 Å². The predicted octanol–water partition coefficient (Wildman–Crippen LogP) is 2.34. The van der Waals surface area contributed by atoms with Crippen LogP contribution in [-0.2, 0) is 4.79 Å². The molecule has 9 nitrogen and oxygen atoms in total. The van der Waals surface area contributed by atoms with E-state index in [4.69, 9.17) is 9.47 Å². The molecule has 1 aromatic heterocycles. The third kappa shape index (κ3) is 4.33. The van der Waals surface area contributed by atoms with Gasteiger partial charge < -0.3 is 19.7 Å². The first kappa shape index (κ1) is 20.7. The Hall–Kier alpha value is -3.53. The SMILES string of the molecule is CN(C)c1ncccc1C(=O)NCCN1C(=O)S/C(=C\c2ccc3c(c2)OCO3)C1=O. The maximum Gasteiger partial charge on any atom is 0.293 e. The molecule has 0 bridgehead atoms. The van der Waals surface area contributed by atoms with Gasteiger partial charge in [-0.1, -0.05) is 6.07 Å². The molecule has 0 unspecified atom stereocenters. The zero-order valence-electron chi connectivity index (χ0n) is 17.0. The van der Waals surface area contributed by atoms with Crippen molar-refractivity contribution in [3.8, 4) is 11.5 Å². The average molecular weight is 440 g/mol. The molecule has 1 fully saturated rings. The van der Waals surface area contributed by atoms with E-state index in [0.29, 0.717) is 27.8 Å². The van der Waals surface area contributed by atoms with Crippen LogP contribution in [0.2, 0.25) is 0 Å². The van der Waals surface area contributed by atoms with Crippen LogP contribution in [0, 0.1) is 0 Å². The van der Waals surface area contributed by atoms with Gasteiger partial charge in [-0.05, 0) is 47.7 Å². The van der Waals surface area contributed by atoms with Gasteiger partial charge in [-0.15, -0.1) is 0 Å². The molecule has 1 saturated heterocycles. The van der Waals surface area contributed by atoms with E-state index in [1.165, 1.54) is 0 Å². The Bertz CT molecular complexity index is 1090. The molecule has 2 aromatic rings. The van der Waals surface area contributed by atoms with E-state index < -0.39 is 5.91 Å². The molecule has 160 valence electrons. The number of fused-ring (bicyclic) bond motifs is 1. The normalized spacial score (nSPS) is 16.2. The topological polar surface area (TPSA) is 101 Å². The fourth-order valence-corrected chi connectivity index (χ4v) is 4.02. The van der Waals surface area contributed by atoms with Gasteiger partial charge in [0.25, 0.3) is 17.1 Å². The lowest BCUT2D eigenvalue weighted by molar-refractivity contribution is -0.122. The van der Waals surface area contributed by atoms with Crippen LogP contribution in [0.3, 0.4) is 0 Å². The molecule has 1 N–H and O–H groups in total. The van der Waals surface area contributed by atoms with Crippen molar-refractivity contribution in [2.75, 3.05) is 38.9 Å². The van der Waals surface area contributed by atoms with Crippen LogP contribution in [0.15, 0.2) is 41.4 Å². The molecule has 0 radical (unpaired) electrons. The lowest BCUT2D eigenvalue weighted by Crippen LogP contribution is -2.37. The van der Waals surface area contributed by atoms with E-state index >= 15 is 0 Å². The van der Waals surface area contributed by atoms with E-state index in [1.807, 2.05) is 0 Å². The third-order valence-corrected chi connectivity index (χ3v) is 5.55. The van der Waals surface area contributed by atoms with Crippen molar-refractivity contribution in [1.29, 1.82) is 0 Å². The largest absolute Gasteiger partial charge is 0.454 e. The van der Waals surface area contributed by atoms with E-state index in [-0.39, 0.29) is 31.0 Å². The van der Waals surface area contributed by atoms with Gasteiger partial charge in [0.2, 0.25) is 6.79 Å². The van der Waals surface area contributed by atoms with Gasteiger partial charge >= 0.3 is 0 Å². The second kappa shape index (κ2) is 8.68. The second-order valence-electron chi connectivity index (χ2n) is 6.97. The number of imide groups is 1. The Morgan fingerprint density at radius 2 is 2.06 bits per heavy atom. The molecule has 0 aliphatic carbocycles. The fraction of sp³-hybridized carbons (Fsp3) is 0.238. The quantitative estimate of drug-likeness (QED) is 0.683. The highest BCUT2D eigenvalue weighted by atomic mass is 32.2. The smallest absolute Gasteiger partial charge is 0.293 e. The Labute approximate surface area is 183 Å².